The van der Waals surface area contributed by atoms with E-state index in [1.54, 1.807) is 6.26 Å². The Morgan fingerprint density at radius 2 is 1.90 bits per heavy atom. The van der Waals surface area contributed by atoms with Crippen LogP contribution in [-0.2, 0) is 25.7 Å². The number of aliphatic imine (C=N–C) groups is 1. The Hall–Kier alpha value is -2.08. The van der Waals surface area contributed by atoms with E-state index in [-0.39, 0.29) is 30.5 Å². The summed E-state index contributed by atoms with van der Waals surface area (Å²) in [7, 11) is 0. The molecule has 2 aromatic heterocycles. The van der Waals surface area contributed by atoms with Crippen molar-refractivity contribution >= 4 is 41.3 Å². The zero-order valence-corrected chi connectivity index (χ0v) is 18.4. The van der Waals surface area contributed by atoms with Crippen molar-refractivity contribution in [1.29, 1.82) is 0 Å². The number of halogens is 4. The number of hydrogen-bond acceptors (Lipinski definition) is 4. The number of thiazole rings is 1. The lowest BCUT2D eigenvalue weighted by atomic mass is 10.2. The topological polar surface area (TPSA) is 62.5 Å². The fourth-order valence-corrected chi connectivity index (χ4v) is 3.11. The van der Waals surface area contributed by atoms with E-state index in [1.165, 1.54) is 0 Å². The standard InChI is InChI=1S/C19H19F3N4OS.HI/c20-19(21,22)16-13-28-17(26-16)12-25-18(23-9-8-15-7-4-10-27-15)24-11-14-5-2-1-3-6-14;/h1-7,10,13H,8-9,11-12H2,(H2,23,24,25);1H. The first-order chi connectivity index (χ1) is 13.5. The number of hydrogen-bond donors (Lipinski definition) is 2. The van der Waals surface area contributed by atoms with Crippen molar-refractivity contribution in [2.75, 3.05) is 6.54 Å². The van der Waals surface area contributed by atoms with Crippen LogP contribution in [0.15, 0.2) is 63.5 Å². The molecule has 0 bridgehead atoms. The number of aromatic nitrogens is 1. The van der Waals surface area contributed by atoms with Crippen LogP contribution in [0.25, 0.3) is 0 Å². The molecule has 156 valence electrons. The number of alkyl halides is 3. The van der Waals surface area contributed by atoms with Gasteiger partial charge in [0.25, 0.3) is 0 Å². The van der Waals surface area contributed by atoms with Gasteiger partial charge in [0.05, 0.1) is 19.4 Å². The highest BCUT2D eigenvalue weighted by Crippen LogP contribution is 2.29. The minimum Gasteiger partial charge on any atom is -0.469 e. The molecule has 0 aliphatic rings. The molecule has 0 fully saturated rings. The highest BCUT2D eigenvalue weighted by Gasteiger charge is 2.33. The monoisotopic (exact) mass is 536 g/mol. The number of benzene rings is 1. The largest absolute Gasteiger partial charge is 0.469 e. The molecule has 0 unspecified atom stereocenters. The minimum absolute atomic E-state index is 0. The Bertz CT molecular complexity index is 883. The molecule has 2 N–H and O–H groups in total. The van der Waals surface area contributed by atoms with Crippen molar-refractivity contribution in [3.63, 3.8) is 0 Å². The first-order valence-electron chi connectivity index (χ1n) is 8.61. The van der Waals surface area contributed by atoms with Gasteiger partial charge in [0.2, 0.25) is 0 Å². The summed E-state index contributed by atoms with van der Waals surface area (Å²) in [6.07, 6.45) is -2.16. The summed E-state index contributed by atoms with van der Waals surface area (Å²) >= 11 is 0.963. The molecule has 3 aromatic rings. The van der Waals surface area contributed by atoms with Crippen LogP contribution in [0.3, 0.4) is 0 Å². The Balaban J connectivity index is 0.00000300. The lowest BCUT2D eigenvalue weighted by Gasteiger charge is -2.11. The average molecular weight is 536 g/mol. The lowest BCUT2D eigenvalue weighted by Crippen LogP contribution is -2.38. The second-order valence-electron chi connectivity index (χ2n) is 5.88. The lowest BCUT2D eigenvalue weighted by molar-refractivity contribution is -0.140. The minimum atomic E-state index is -4.43. The molecule has 29 heavy (non-hydrogen) atoms. The first-order valence-corrected chi connectivity index (χ1v) is 9.49. The molecule has 0 radical (unpaired) electrons. The molecule has 0 saturated carbocycles. The van der Waals surface area contributed by atoms with E-state index in [1.807, 2.05) is 42.5 Å². The van der Waals surface area contributed by atoms with Crippen LogP contribution in [0.4, 0.5) is 13.2 Å². The van der Waals surface area contributed by atoms with Crippen LogP contribution >= 0.6 is 35.3 Å². The Kier molecular flexibility index (Phi) is 8.96. The SMILES string of the molecule is FC(F)(F)c1csc(CNC(=NCc2ccccc2)NCCc2ccco2)n1.I. The van der Waals surface area contributed by atoms with E-state index in [0.29, 0.717) is 30.5 Å². The second kappa shape index (κ2) is 11.2. The van der Waals surface area contributed by atoms with Crippen LogP contribution < -0.4 is 10.6 Å². The molecule has 0 aliphatic carbocycles. The van der Waals surface area contributed by atoms with Crippen molar-refractivity contribution < 1.29 is 17.6 Å². The van der Waals surface area contributed by atoms with E-state index in [2.05, 4.69) is 20.6 Å². The Morgan fingerprint density at radius 1 is 1.10 bits per heavy atom. The van der Waals surface area contributed by atoms with E-state index in [4.69, 9.17) is 4.42 Å². The summed E-state index contributed by atoms with van der Waals surface area (Å²) in [5.74, 6) is 1.34. The van der Waals surface area contributed by atoms with Crippen LogP contribution in [0.5, 0.6) is 0 Å². The molecule has 1 aromatic carbocycles. The van der Waals surface area contributed by atoms with Gasteiger partial charge < -0.3 is 15.1 Å². The van der Waals surface area contributed by atoms with Crippen LogP contribution in [0.1, 0.15) is 22.0 Å². The average Bonchev–Trinajstić information content (AvgIpc) is 3.36. The molecular weight excluding hydrogens is 516 g/mol. The summed E-state index contributed by atoms with van der Waals surface area (Å²) in [4.78, 5) is 8.13. The van der Waals surface area contributed by atoms with Gasteiger partial charge in [-0.1, -0.05) is 30.3 Å². The Morgan fingerprint density at radius 3 is 2.55 bits per heavy atom. The van der Waals surface area contributed by atoms with Crippen LogP contribution in [0.2, 0.25) is 0 Å². The van der Waals surface area contributed by atoms with Gasteiger partial charge >= 0.3 is 6.18 Å². The normalized spacial score (nSPS) is 11.8. The highest BCUT2D eigenvalue weighted by atomic mass is 127. The molecule has 0 aliphatic heterocycles. The van der Waals surface area contributed by atoms with Gasteiger partial charge in [0, 0.05) is 18.3 Å². The molecule has 0 atom stereocenters. The van der Waals surface area contributed by atoms with Gasteiger partial charge in [0.15, 0.2) is 11.7 Å². The molecule has 3 rings (SSSR count). The van der Waals surface area contributed by atoms with Crippen LogP contribution in [0, 0.1) is 0 Å². The number of rotatable bonds is 7. The molecule has 5 nitrogen and oxygen atoms in total. The van der Waals surface area contributed by atoms with Gasteiger partial charge in [-0.3, -0.25) is 0 Å². The van der Waals surface area contributed by atoms with Gasteiger partial charge in [0.1, 0.15) is 10.8 Å². The second-order valence-corrected chi connectivity index (χ2v) is 6.83. The summed E-state index contributed by atoms with van der Waals surface area (Å²) in [5.41, 5.74) is 0.158. The molecule has 0 spiro atoms. The smallest absolute Gasteiger partial charge is 0.434 e. The zero-order chi connectivity index (χ0) is 19.8. The maximum absolute atomic E-state index is 12.7. The quantitative estimate of drug-likeness (QED) is 0.258. The predicted octanol–water partition coefficient (Wildman–Crippen LogP) is 4.85. The summed E-state index contributed by atoms with van der Waals surface area (Å²) in [6.45, 7) is 1.17. The van der Waals surface area contributed by atoms with Gasteiger partial charge in [-0.2, -0.15) is 13.2 Å². The molecule has 2 heterocycles. The number of nitrogens with one attached hydrogen (secondary N) is 2. The van der Waals surface area contributed by atoms with E-state index >= 15 is 0 Å². The van der Waals surface area contributed by atoms with Gasteiger partial charge in [-0.15, -0.1) is 35.3 Å². The van der Waals surface area contributed by atoms with E-state index < -0.39 is 11.9 Å². The predicted molar refractivity (Wildman–Crippen MR) is 117 cm³/mol. The summed E-state index contributed by atoms with van der Waals surface area (Å²) < 4.78 is 43.4. The van der Waals surface area contributed by atoms with Crippen molar-refractivity contribution in [2.24, 2.45) is 4.99 Å². The number of guanidine groups is 1. The van der Waals surface area contributed by atoms with E-state index in [9.17, 15) is 13.2 Å². The van der Waals surface area contributed by atoms with Crippen molar-refractivity contribution in [1.82, 2.24) is 15.6 Å². The third-order valence-electron chi connectivity index (χ3n) is 3.76. The molecule has 10 heteroatoms. The molecule has 0 saturated heterocycles. The Labute approximate surface area is 187 Å². The van der Waals surface area contributed by atoms with Gasteiger partial charge in [-0.25, -0.2) is 9.98 Å². The fraction of sp³-hybridized carbons (Fsp3) is 0.263. The van der Waals surface area contributed by atoms with Crippen molar-refractivity contribution in [3.05, 3.63) is 76.1 Å². The molecule has 0 amide bonds. The third kappa shape index (κ3) is 7.69. The van der Waals surface area contributed by atoms with E-state index in [0.717, 1.165) is 28.0 Å². The summed E-state index contributed by atoms with van der Waals surface area (Å²) in [6, 6.07) is 13.4. The zero-order valence-electron chi connectivity index (χ0n) is 15.3. The maximum Gasteiger partial charge on any atom is 0.434 e. The third-order valence-corrected chi connectivity index (χ3v) is 4.60. The van der Waals surface area contributed by atoms with Crippen molar-refractivity contribution in [3.8, 4) is 0 Å². The van der Waals surface area contributed by atoms with Gasteiger partial charge in [-0.05, 0) is 17.7 Å². The summed E-state index contributed by atoms with van der Waals surface area (Å²) in [5, 5.41) is 7.57. The first kappa shape index (κ1) is 23.2. The molecular formula is C19H20F3IN4OS. The maximum atomic E-state index is 12.7. The number of nitrogens with zero attached hydrogens (tertiary/aromatic N) is 2. The van der Waals surface area contributed by atoms with Crippen LogP contribution in [-0.4, -0.2) is 17.5 Å². The van der Waals surface area contributed by atoms with Crippen molar-refractivity contribution in [2.45, 2.75) is 25.7 Å². The fourth-order valence-electron chi connectivity index (χ4n) is 2.37. The highest BCUT2D eigenvalue weighted by molar-refractivity contribution is 14.0. The number of furan rings is 1.